The van der Waals surface area contributed by atoms with Gasteiger partial charge in [-0.05, 0) is 18.2 Å². The van der Waals surface area contributed by atoms with E-state index in [4.69, 9.17) is 6.57 Å². The maximum atomic E-state index is 12.6. The number of benzene rings is 1. The molecule has 1 heterocycles. The first-order valence-corrected chi connectivity index (χ1v) is 6.27. The molecule has 0 aliphatic carbocycles. The van der Waals surface area contributed by atoms with Crippen molar-refractivity contribution < 1.29 is 13.2 Å². The van der Waals surface area contributed by atoms with Crippen molar-refractivity contribution in [3.8, 4) is 0 Å². The predicted octanol–water partition coefficient (Wildman–Crippen LogP) is 4.93. The Kier molecular flexibility index (Phi) is 3.76. The molecule has 1 aromatic heterocycles. The van der Waals surface area contributed by atoms with E-state index in [1.807, 2.05) is 5.38 Å². The highest BCUT2D eigenvalue weighted by Crippen LogP contribution is 2.32. The smallest absolute Gasteiger partial charge is 0.354 e. The molecule has 0 radical (unpaired) electrons. The largest absolute Gasteiger partial charge is 0.416 e. The summed E-state index contributed by atoms with van der Waals surface area (Å²) in [5.41, 5.74) is 1.14. The second kappa shape index (κ2) is 5.33. The minimum atomic E-state index is -4.36. The average molecular weight is 282 g/mol. The molecule has 19 heavy (non-hydrogen) atoms. The molecule has 2 aromatic rings. The lowest BCUT2D eigenvalue weighted by molar-refractivity contribution is -0.137. The maximum absolute atomic E-state index is 12.6. The highest BCUT2D eigenvalue weighted by atomic mass is 32.1. The third-order valence-electron chi connectivity index (χ3n) is 2.46. The number of nitrogens with zero attached hydrogens (tertiary/aromatic N) is 1. The van der Waals surface area contributed by atoms with Gasteiger partial charge in [0.1, 0.15) is 0 Å². The van der Waals surface area contributed by atoms with Crippen molar-refractivity contribution in [1.82, 2.24) is 0 Å². The van der Waals surface area contributed by atoms with Crippen LogP contribution in [0.4, 0.5) is 24.5 Å². The van der Waals surface area contributed by atoms with Crippen molar-refractivity contribution in [2.75, 3.05) is 5.32 Å². The monoisotopic (exact) mass is 282 g/mol. The second-order valence-corrected chi connectivity index (χ2v) is 4.57. The van der Waals surface area contributed by atoms with Crippen LogP contribution in [0.5, 0.6) is 0 Å². The first-order valence-electron chi connectivity index (χ1n) is 5.33. The zero-order valence-electron chi connectivity index (χ0n) is 9.66. The van der Waals surface area contributed by atoms with Crippen molar-refractivity contribution in [2.24, 2.45) is 0 Å². The number of rotatable bonds is 3. The third-order valence-corrected chi connectivity index (χ3v) is 3.25. The van der Waals surface area contributed by atoms with E-state index in [2.05, 4.69) is 10.2 Å². The van der Waals surface area contributed by atoms with Gasteiger partial charge in [0.05, 0.1) is 16.8 Å². The van der Waals surface area contributed by atoms with E-state index in [1.54, 1.807) is 11.4 Å². The van der Waals surface area contributed by atoms with E-state index in [-0.39, 0.29) is 6.54 Å². The molecule has 0 saturated carbocycles. The lowest BCUT2D eigenvalue weighted by Crippen LogP contribution is -2.05. The minimum absolute atomic E-state index is 0.213. The fourth-order valence-corrected chi connectivity index (χ4v) is 2.35. The second-order valence-electron chi connectivity index (χ2n) is 3.83. The maximum Gasteiger partial charge on any atom is 0.416 e. The van der Waals surface area contributed by atoms with Gasteiger partial charge in [0.2, 0.25) is 6.54 Å². The molecule has 0 saturated heterocycles. The molecular formula is C13H9F3N2S. The summed E-state index contributed by atoms with van der Waals surface area (Å²) in [6.07, 6.45) is -4.36. The summed E-state index contributed by atoms with van der Waals surface area (Å²) in [5.74, 6) is 0. The van der Waals surface area contributed by atoms with E-state index in [1.165, 1.54) is 17.4 Å². The summed E-state index contributed by atoms with van der Waals surface area (Å²) in [6.45, 7) is 7.04. The van der Waals surface area contributed by atoms with Gasteiger partial charge in [0, 0.05) is 16.4 Å². The highest BCUT2D eigenvalue weighted by molar-refractivity contribution is 7.08. The molecular weight excluding hydrogens is 273 g/mol. The van der Waals surface area contributed by atoms with Crippen molar-refractivity contribution in [3.63, 3.8) is 0 Å². The average Bonchev–Trinajstić information content (AvgIpc) is 2.77. The number of hydrogen-bond acceptors (Lipinski definition) is 2. The summed E-state index contributed by atoms with van der Waals surface area (Å²) in [5, 5.41) is 6.51. The molecule has 1 aromatic carbocycles. The van der Waals surface area contributed by atoms with Gasteiger partial charge in [-0.1, -0.05) is 6.07 Å². The quantitative estimate of drug-likeness (QED) is 0.789. The van der Waals surface area contributed by atoms with Crippen LogP contribution in [0.1, 0.15) is 11.1 Å². The van der Waals surface area contributed by atoms with E-state index < -0.39 is 11.7 Å². The van der Waals surface area contributed by atoms with Gasteiger partial charge in [0.25, 0.3) is 0 Å². The Bertz CT molecular complexity index is 611. The number of nitrogens with one attached hydrogen (secondary N) is 1. The number of halogens is 3. The Hall–Kier alpha value is -2.00. The van der Waals surface area contributed by atoms with Crippen LogP contribution in [-0.4, -0.2) is 0 Å². The van der Waals surface area contributed by atoms with Crippen LogP contribution in [0.25, 0.3) is 4.85 Å². The van der Waals surface area contributed by atoms with E-state index in [0.717, 1.165) is 17.7 Å². The molecule has 0 unspecified atom stereocenters. The molecule has 0 spiro atoms. The first-order chi connectivity index (χ1) is 9.00. The topological polar surface area (TPSA) is 16.4 Å². The van der Waals surface area contributed by atoms with Gasteiger partial charge >= 0.3 is 6.18 Å². The van der Waals surface area contributed by atoms with Gasteiger partial charge in [-0.3, -0.25) is 0 Å². The van der Waals surface area contributed by atoms with Crippen molar-refractivity contribution in [2.45, 2.75) is 12.7 Å². The normalized spacial score (nSPS) is 11.1. The van der Waals surface area contributed by atoms with Crippen LogP contribution in [0, 0.1) is 6.57 Å². The first kappa shape index (κ1) is 13.4. The van der Waals surface area contributed by atoms with Crippen LogP contribution in [0.15, 0.2) is 35.0 Å². The minimum Gasteiger partial charge on any atom is -0.354 e. The molecule has 0 fully saturated rings. The standard InChI is InChI=1S/C13H9F3N2S/c1-17-6-9-7-19-8-12(9)18-11-4-2-3-10(5-11)13(14,15)16/h2-5,7-8,18H,6H2. The van der Waals surface area contributed by atoms with Crippen molar-refractivity contribution >= 4 is 22.7 Å². The molecule has 0 bridgehead atoms. The van der Waals surface area contributed by atoms with Gasteiger partial charge in [-0.25, -0.2) is 6.57 Å². The Morgan fingerprint density at radius 1 is 1.26 bits per heavy atom. The lowest BCUT2D eigenvalue weighted by Gasteiger charge is -2.10. The molecule has 2 rings (SSSR count). The summed E-state index contributed by atoms with van der Waals surface area (Å²) in [4.78, 5) is 3.27. The fraction of sp³-hybridized carbons (Fsp3) is 0.154. The molecule has 1 N–H and O–H groups in total. The predicted molar refractivity (Wildman–Crippen MR) is 69.4 cm³/mol. The van der Waals surface area contributed by atoms with Gasteiger partial charge in [-0.2, -0.15) is 13.2 Å². The molecule has 0 amide bonds. The Labute approximate surface area is 112 Å². The Morgan fingerprint density at radius 3 is 2.74 bits per heavy atom. The summed E-state index contributed by atoms with van der Waals surface area (Å²) >= 11 is 1.41. The van der Waals surface area contributed by atoms with Gasteiger partial charge < -0.3 is 10.2 Å². The van der Waals surface area contributed by atoms with E-state index in [0.29, 0.717) is 11.4 Å². The van der Waals surface area contributed by atoms with Crippen LogP contribution in [-0.2, 0) is 12.7 Å². The van der Waals surface area contributed by atoms with Gasteiger partial charge in [-0.15, -0.1) is 11.3 Å². The summed E-state index contributed by atoms with van der Waals surface area (Å²) < 4.78 is 37.7. The van der Waals surface area contributed by atoms with Gasteiger partial charge in [0.15, 0.2) is 0 Å². The Balaban J connectivity index is 2.24. The number of hydrogen-bond donors (Lipinski definition) is 1. The number of thiophene rings is 1. The van der Waals surface area contributed by atoms with Crippen LogP contribution < -0.4 is 5.32 Å². The third kappa shape index (κ3) is 3.26. The molecule has 98 valence electrons. The molecule has 0 atom stereocenters. The number of alkyl halides is 3. The van der Waals surface area contributed by atoms with Crippen LogP contribution in [0.2, 0.25) is 0 Å². The SMILES string of the molecule is [C-]#[N+]Cc1cscc1Nc1cccc(C(F)(F)F)c1. The molecule has 0 aliphatic heterocycles. The number of anilines is 2. The van der Waals surface area contributed by atoms with E-state index >= 15 is 0 Å². The lowest BCUT2D eigenvalue weighted by atomic mass is 10.2. The Morgan fingerprint density at radius 2 is 2.05 bits per heavy atom. The zero-order valence-corrected chi connectivity index (χ0v) is 10.5. The fourth-order valence-electron chi connectivity index (χ4n) is 1.57. The highest BCUT2D eigenvalue weighted by Gasteiger charge is 2.30. The molecule has 6 heteroatoms. The van der Waals surface area contributed by atoms with E-state index in [9.17, 15) is 13.2 Å². The zero-order chi connectivity index (χ0) is 13.9. The summed E-state index contributed by atoms with van der Waals surface area (Å²) in [7, 11) is 0. The summed E-state index contributed by atoms with van der Waals surface area (Å²) in [6, 6.07) is 5.00. The van der Waals surface area contributed by atoms with Crippen molar-refractivity contribution in [1.29, 1.82) is 0 Å². The molecule has 2 nitrogen and oxygen atoms in total. The molecule has 0 aliphatic rings. The van der Waals surface area contributed by atoms with Crippen LogP contribution in [0.3, 0.4) is 0 Å². The van der Waals surface area contributed by atoms with Crippen molar-refractivity contribution in [3.05, 3.63) is 57.6 Å². The van der Waals surface area contributed by atoms with Crippen LogP contribution >= 0.6 is 11.3 Å².